The van der Waals surface area contributed by atoms with Gasteiger partial charge in [-0.25, -0.2) is 4.79 Å². The van der Waals surface area contributed by atoms with Crippen LogP contribution in [-0.4, -0.2) is 51.8 Å². The molecule has 1 N–H and O–H groups in total. The zero-order valence-electron chi connectivity index (χ0n) is 19.5. The van der Waals surface area contributed by atoms with E-state index in [0.29, 0.717) is 18.0 Å². The van der Waals surface area contributed by atoms with Crippen LogP contribution in [0.25, 0.3) is 0 Å². The van der Waals surface area contributed by atoms with Crippen molar-refractivity contribution in [2.75, 3.05) is 29.7 Å². The summed E-state index contributed by atoms with van der Waals surface area (Å²) in [6.07, 6.45) is -3.18. The number of carbonyl (C=O) groups is 1. The van der Waals surface area contributed by atoms with Crippen molar-refractivity contribution >= 4 is 31.2 Å². The third-order valence-electron chi connectivity index (χ3n) is 5.08. The van der Waals surface area contributed by atoms with Crippen molar-refractivity contribution in [2.45, 2.75) is 45.0 Å². The van der Waals surface area contributed by atoms with E-state index < -0.39 is 33.4 Å². The van der Waals surface area contributed by atoms with Gasteiger partial charge < -0.3 is 19.7 Å². The van der Waals surface area contributed by atoms with Crippen LogP contribution in [0.3, 0.4) is 0 Å². The lowest BCUT2D eigenvalue weighted by Gasteiger charge is -2.32. The molecule has 2 amide bonds. The molecule has 7 nitrogen and oxygen atoms in total. The van der Waals surface area contributed by atoms with Crippen molar-refractivity contribution in [3.63, 3.8) is 0 Å². The lowest BCUT2D eigenvalue weighted by Crippen LogP contribution is -2.42. The number of rotatable bonds is 10. The van der Waals surface area contributed by atoms with Crippen LogP contribution >= 0.6 is 0 Å². The molecule has 0 bridgehead atoms. The molecule has 1 aromatic carbocycles. The standard InChI is InChI=1S/C22H27F5N4O3Si/c1-35(2,3)9-8-33-14-30(13-22(25,26)27)16-10-19-18(28-11-16)12-29-21(32)31(19)15-4-6-17(7-5-15)34-20(23)24/h4-7,10-11,20H,8-9,12-14H2,1-3H3,(H,29,32). The average Bonchev–Trinajstić information content (AvgIpc) is 2.74. The molecule has 2 heterocycles. The van der Waals surface area contributed by atoms with E-state index in [1.54, 1.807) is 0 Å². The maximum atomic E-state index is 13.3. The summed E-state index contributed by atoms with van der Waals surface area (Å²) in [6.45, 7) is 2.30. The quantitative estimate of drug-likeness (QED) is 0.189. The molecular formula is C22H27F5N4O3Si. The molecule has 0 radical (unpaired) electrons. The molecule has 1 aromatic heterocycles. The molecule has 3 rings (SSSR count). The highest BCUT2D eigenvalue weighted by molar-refractivity contribution is 6.76. The molecule has 1 aliphatic heterocycles. The summed E-state index contributed by atoms with van der Waals surface area (Å²) in [4.78, 5) is 19.2. The number of halogens is 5. The van der Waals surface area contributed by atoms with Crippen molar-refractivity contribution in [1.29, 1.82) is 0 Å². The number of amides is 2. The van der Waals surface area contributed by atoms with Crippen LogP contribution in [0.15, 0.2) is 36.5 Å². The molecule has 0 saturated carbocycles. The third kappa shape index (κ3) is 7.78. The Morgan fingerprint density at radius 1 is 1.20 bits per heavy atom. The number of nitrogens with one attached hydrogen (secondary N) is 1. The second kappa shape index (κ2) is 10.8. The molecule has 0 atom stereocenters. The van der Waals surface area contributed by atoms with E-state index in [9.17, 15) is 26.7 Å². The molecule has 13 heteroatoms. The number of hydrogen-bond acceptors (Lipinski definition) is 5. The van der Waals surface area contributed by atoms with Gasteiger partial charge in [-0.05, 0) is 36.4 Å². The number of benzene rings is 1. The largest absolute Gasteiger partial charge is 0.435 e. The number of anilines is 3. The summed E-state index contributed by atoms with van der Waals surface area (Å²) in [5, 5.41) is 2.64. The first-order chi connectivity index (χ1) is 16.3. The van der Waals surface area contributed by atoms with Gasteiger partial charge in [0.1, 0.15) is 19.0 Å². The lowest BCUT2D eigenvalue weighted by atomic mass is 10.1. The molecule has 2 aromatic rings. The van der Waals surface area contributed by atoms with E-state index in [-0.39, 0.29) is 30.4 Å². The van der Waals surface area contributed by atoms with Gasteiger partial charge in [-0.2, -0.15) is 22.0 Å². The number of nitrogens with zero attached hydrogens (tertiary/aromatic N) is 3. The van der Waals surface area contributed by atoms with Gasteiger partial charge in [-0.3, -0.25) is 9.88 Å². The predicted octanol–water partition coefficient (Wildman–Crippen LogP) is 5.73. The first kappa shape index (κ1) is 26.7. The van der Waals surface area contributed by atoms with Crippen molar-refractivity contribution in [3.8, 4) is 5.75 Å². The Morgan fingerprint density at radius 3 is 2.49 bits per heavy atom. The van der Waals surface area contributed by atoms with Crippen molar-refractivity contribution in [1.82, 2.24) is 10.3 Å². The number of carbonyl (C=O) groups excluding carboxylic acids is 1. The van der Waals surface area contributed by atoms with Crippen molar-refractivity contribution < 1.29 is 36.2 Å². The van der Waals surface area contributed by atoms with E-state index in [4.69, 9.17) is 4.74 Å². The summed E-state index contributed by atoms with van der Waals surface area (Å²) in [5.74, 6) is -0.0971. The Labute approximate surface area is 200 Å². The van der Waals surface area contributed by atoms with E-state index in [2.05, 4.69) is 34.7 Å². The molecule has 192 valence electrons. The zero-order chi connectivity index (χ0) is 25.8. The average molecular weight is 519 g/mol. The minimum Gasteiger partial charge on any atom is -0.435 e. The Hall–Kier alpha value is -2.93. The Bertz CT molecular complexity index is 1020. The second-order valence-electron chi connectivity index (χ2n) is 9.19. The number of ether oxygens (including phenoxy) is 2. The van der Waals surface area contributed by atoms with Gasteiger partial charge in [0.2, 0.25) is 0 Å². The normalized spacial score (nSPS) is 14.1. The van der Waals surface area contributed by atoms with E-state index in [1.807, 2.05) is 0 Å². The first-order valence-corrected chi connectivity index (χ1v) is 14.5. The van der Waals surface area contributed by atoms with E-state index >= 15 is 0 Å². The van der Waals surface area contributed by atoms with Gasteiger partial charge in [0.15, 0.2) is 0 Å². The van der Waals surface area contributed by atoms with Crippen molar-refractivity contribution in [2.24, 2.45) is 0 Å². The number of aromatic nitrogens is 1. The molecule has 0 spiro atoms. The van der Waals surface area contributed by atoms with Crippen molar-refractivity contribution in [3.05, 3.63) is 42.2 Å². The Balaban J connectivity index is 1.88. The fourth-order valence-electron chi connectivity index (χ4n) is 3.34. The fourth-order valence-corrected chi connectivity index (χ4v) is 4.09. The third-order valence-corrected chi connectivity index (χ3v) is 6.79. The predicted molar refractivity (Wildman–Crippen MR) is 124 cm³/mol. The van der Waals surface area contributed by atoms with Crippen LogP contribution in [0.4, 0.5) is 43.8 Å². The number of fused-ring (bicyclic) bond motifs is 1. The van der Waals surface area contributed by atoms with Crippen LogP contribution in [0.2, 0.25) is 25.7 Å². The van der Waals surface area contributed by atoms with Crippen LogP contribution < -0.4 is 19.9 Å². The van der Waals surface area contributed by atoms with E-state index in [1.165, 1.54) is 41.4 Å². The molecule has 0 fully saturated rings. The van der Waals surface area contributed by atoms with Gasteiger partial charge in [0, 0.05) is 14.7 Å². The highest BCUT2D eigenvalue weighted by Crippen LogP contribution is 2.35. The highest BCUT2D eigenvalue weighted by Gasteiger charge is 2.33. The van der Waals surface area contributed by atoms with Crippen LogP contribution in [0.5, 0.6) is 5.75 Å². The van der Waals surface area contributed by atoms with Crippen LogP contribution in [-0.2, 0) is 11.3 Å². The molecule has 0 aliphatic carbocycles. The molecule has 1 aliphatic rings. The maximum Gasteiger partial charge on any atom is 0.406 e. The molecule has 0 unspecified atom stereocenters. The van der Waals surface area contributed by atoms with Crippen LogP contribution in [0.1, 0.15) is 5.69 Å². The van der Waals surface area contributed by atoms with Gasteiger partial charge in [0.25, 0.3) is 0 Å². The van der Waals surface area contributed by atoms with Crippen LogP contribution in [0, 0.1) is 0 Å². The number of pyridine rings is 1. The zero-order valence-corrected chi connectivity index (χ0v) is 20.5. The summed E-state index contributed by atoms with van der Waals surface area (Å²) >= 11 is 0. The number of hydrogen-bond donors (Lipinski definition) is 1. The Morgan fingerprint density at radius 2 is 1.89 bits per heavy atom. The maximum absolute atomic E-state index is 13.3. The highest BCUT2D eigenvalue weighted by atomic mass is 28.3. The SMILES string of the molecule is C[Si](C)(C)CCOCN(CC(F)(F)F)c1cnc2c(c1)N(c1ccc(OC(F)F)cc1)C(=O)NC2. The minimum atomic E-state index is -4.49. The summed E-state index contributed by atoms with van der Waals surface area (Å²) < 4.78 is 74.7. The summed E-state index contributed by atoms with van der Waals surface area (Å²) in [7, 11) is -1.42. The van der Waals surface area contributed by atoms with Gasteiger partial charge in [-0.1, -0.05) is 19.6 Å². The van der Waals surface area contributed by atoms with Gasteiger partial charge in [-0.15, -0.1) is 0 Å². The van der Waals surface area contributed by atoms with Gasteiger partial charge in [0.05, 0.1) is 35.5 Å². The molecular weight excluding hydrogens is 491 g/mol. The minimum absolute atomic E-state index is 0.0868. The number of alkyl halides is 5. The Kier molecular flexibility index (Phi) is 8.21. The fraction of sp³-hybridized carbons (Fsp3) is 0.455. The monoisotopic (exact) mass is 518 g/mol. The summed E-state index contributed by atoms with van der Waals surface area (Å²) in [6, 6.07) is 7.03. The van der Waals surface area contributed by atoms with Gasteiger partial charge >= 0.3 is 18.8 Å². The lowest BCUT2D eigenvalue weighted by molar-refractivity contribution is -0.122. The summed E-state index contributed by atoms with van der Waals surface area (Å²) in [5.41, 5.74) is 1.15. The smallest absolute Gasteiger partial charge is 0.406 e. The molecule has 0 saturated heterocycles. The topological polar surface area (TPSA) is 66.9 Å². The first-order valence-electron chi connectivity index (χ1n) is 10.8. The second-order valence-corrected chi connectivity index (χ2v) is 14.8. The molecule has 35 heavy (non-hydrogen) atoms. The van der Waals surface area contributed by atoms with E-state index in [0.717, 1.165) is 10.9 Å². The number of urea groups is 1.